The number of aliphatic hydroxyl groups is 1. The Labute approximate surface area is 118 Å². The van der Waals surface area contributed by atoms with Crippen molar-refractivity contribution < 1.29 is 14.2 Å². The van der Waals surface area contributed by atoms with Gasteiger partial charge in [0.1, 0.15) is 23.4 Å². The molecule has 0 aromatic heterocycles. The van der Waals surface area contributed by atoms with Gasteiger partial charge < -0.3 is 9.84 Å². The second-order valence-electron chi connectivity index (χ2n) is 3.81. The van der Waals surface area contributed by atoms with Crippen molar-refractivity contribution >= 4 is 15.9 Å². The zero-order chi connectivity index (χ0) is 13.8. The highest BCUT2D eigenvalue weighted by Gasteiger charge is 2.07. The van der Waals surface area contributed by atoms with Crippen LogP contribution in [0.2, 0.25) is 0 Å². The van der Waals surface area contributed by atoms with Crippen LogP contribution in [0.1, 0.15) is 11.1 Å². The molecule has 19 heavy (non-hydrogen) atoms. The number of hydrogen-bond donors (Lipinski definition) is 1. The van der Waals surface area contributed by atoms with Crippen molar-refractivity contribution in [3.63, 3.8) is 0 Å². The van der Waals surface area contributed by atoms with Crippen LogP contribution in [0.3, 0.4) is 0 Å². The molecule has 0 saturated heterocycles. The number of hydrogen-bond acceptors (Lipinski definition) is 3. The quantitative estimate of drug-likeness (QED) is 0.936. The molecule has 0 aliphatic rings. The fourth-order valence-electron chi connectivity index (χ4n) is 1.57. The second kappa shape index (κ2) is 5.83. The monoisotopic (exact) mass is 321 g/mol. The SMILES string of the molecule is N#Cc1cc(CO)ccc1Oc1cc(F)cc(Br)c1. The Hall–Kier alpha value is -1.90. The van der Waals surface area contributed by atoms with E-state index >= 15 is 0 Å². The summed E-state index contributed by atoms with van der Waals surface area (Å²) in [6, 6.07) is 10.9. The number of ether oxygens (including phenoxy) is 1. The van der Waals surface area contributed by atoms with E-state index in [1.54, 1.807) is 18.2 Å². The summed E-state index contributed by atoms with van der Waals surface area (Å²) in [4.78, 5) is 0. The molecule has 0 saturated carbocycles. The Morgan fingerprint density at radius 1 is 1.26 bits per heavy atom. The fourth-order valence-corrected chi connectivity index (χ4v) is 2.01. The van der Waals surface area contributed by atoms with Crippen molar-refractivity contribution in [2.45, 2.75) is 6.61 Å². The lowest BCUT2D eigenvalue weighted by Gasteiger charge is -2.09. The van der Waals surface area contributed by atoms with Crippen LogP contribution in [0.5, 0.6) is 11.5 Å². The molecule has 0 radical (unpaired) electrons. The molecule has 0 spiro atoms. The highest BCUT2D eigenvalue weighted by molar-refractivity contribution is 9.10. The highest BCUT2D eigenvalue weighted by Crippen LogP contribution is 2.28. The number of aliphatic hydroxyl groups excluding tert-OH is 1. The van der Waals surface area contributed by atoms with Crippen LogP contribution < -0.4 is 4.74 Å². The van der Waals surface area contributed by atoms with Gasteiger partial charge >= 0.3 is 0 Å². The van der Waals surface area contributed by atoms with Crippen LogP contribution in [0.25, 0.3) is 0 Å². The molecule has 0 aliphatic heterocycles. The topological polar surface area (TPSA) is 53.2 Å². The molecular formula is C14H9BrFNO2. The maximum absolute atomic E-state index is 13.2. The van der Waals surface area contributed by atoms with Crippen LogP contribution in [-0.4, -0.2) is 5.11 Å². The van der Waals surface area contributed by atoms with Crippen molar-refractivity contribution in [1.29, 1.82) is 5.26 Å². The van der Waals surface area contributed by atoms with Crippen molar-refractivity contribution in [1.82, 2.24) is 0 Å². The van der Waals surface area contributed by atoms with E-state index in [4.69, 9.17) is 15.1 Å². The van der Waals surface area contributed by atoms with E-state index in [0.29, 0.717) is 21.5 Å². The van der Waals surface area contributed by atoms with E-state index in [2.05, 4.69) is 15.9 Å². The molecular weight excluding hydrogens is 313 g/mol. The minimum Gasteiger partial charge on any atom is -0.456 e. The molecule has 96 valence electrons. The average Bonchev–Trinajstić information content (AvgIpc) is 2.38. The number of rotatable bonds is 3. The molecule has 0 bridgehead atoms. The number of nitrogens with zero attached hydrogens (tertiary/aromatic N) is 1. The summed E-state index contributed by atoms with van der Waals surface area (Å²) in [7, 11) is 0. The fraction of sp³-hybridized carbons (Fsp3) is 0.0714. The summed E-state index contributed by atoms with van der Waals surface area (Å²) in [5, 5.41) is 18.0. The third kappa shape index (κ3) is 3.31. The van der Waals surface area contributed by atoms with Crippen LogP contribution in [0.15, 0.2) is 40.9 Å². The summed E-state index contributed by atoms with van der Waals surface area (Å²) in [5.41, 5.74) is 0.899. The number of nitriles is 1. The molecule has 3 nitrogen and oxygen atoms in total. The predicted octanol–water partition coefficient (Wildman–Crippen LogP) is 3.74. The van der Waals surface area contributed by atoms with Gasteiger partial charge in [0.05, 0.1) is 12.2 Å². The van der Waals surface area contributed by atoms with Gasteiger partial charge in [0.15, 0.2) is 0 Å². The molecule has 2 aromatic rings. The second-order valence-corrected chi connectivity index (χ2v) is 4.72. The molecule has 2 aromatic carbocycles. The number of halogens is 2. The Balaban J connectivity index is 2.35. The first-order chi connectivity index (χ1) is 9.12. The minimum atomic E-state index is -0.435. The normalized spacial score (nSPS) is 10.0. The maximum atomic E-state index is 13.2. The standard InChI is InChI=1S/C14H9BrFNO2/c15-11-4-12(16)6-13(5-11)19-14-2-1-9(8-18)3-10(14)7-17/h1-6,18H,8H2. The maximum Gasteiger partial charge on any atom is 0.145 e. The Bertz CT molecular complexity index is 632. The summed E-state index contributed by atoms with van der Waals surface area (Å²) < 4.78 is 19.3. The summed E-state index contributed by atoms with van der Waals surface area (Å²) >= 11 is 3.17. The van der Waals surface area contributed by atoms with Crippen LogP contribution in [0.4, 0.5) is 4.39 Å². The van der Waals surface area contributed by atoms with Crippen molar-refractivity contribution in [2.75, 3.05) is 0 Å². The molecule has 5 heteroatoms. The average molecular weight is 322 g/mol. The van der Waals surface area contributed by atoms with E-state index in [1.807, 2.05) is 6.07 Å². The van der Waals surface area contributed by atoms with Gasteiger partial charge in [-0.3, -0.25) is 0 Å². The molecule has 0 heterocycles. The van der Waals surface area contributed by atoms with Crippen LogP contribution >= 0.6 is 15.9 Å². The Morgan fingerprint density at radius 3 is 2.68 bits per heavy atom. The van der Waals surface area contributed by atoms with E-state index < -0.39 is 5.82 Å². The Kier molecular flexibility index (Phi) is 4.15. The summed E-state index contributed by atoms with van der Waals surface area (Å²) in [6.45, 7) is -0.152. The van der Waals surface area contributed by atoms with Gasteiger partial charge in [-0.25, -0.2) is 4.39 Å². The van der Waals surface area contributed by atoms with Gasteiger partial charge in [0.2, 0.25) is 0 Å². The third-order valence-electron chi connectivity index (χ3n) is 2.41. The third-order valence-corrected chi connectivity index (χ3v) is 2.87. The van der Waals surface area contributed by atoms with Gasteiger partial charge in [-0.1, -0.05) is 22.0 Å². The van der Waals surface area contributed by atoms with Crippen molar-refractivity contribution in [3.8, 4) is 17.6 Å². The molecule has 0 atom stereocenters. The molecule has 0 aliphatic carbocycles. The zero-order valence-electron chi connectivity index (χ0n) is 9.73. The first-order valence-electron chi connectivity index (χ1n) is 5.40. The van der Waals surface area contributed by atoms with E-state index in [9.17, 15) is 4.39 Å². The zero-order valence-corrected chi connectivity index (χ0v) is 11.3. The lowest BCUT2D eigenvalue weighted by atomic mass is 10.1. The molecule has 0 amide bonds. The summed E-state index contributed by atoms with van der Waals surface area (Å²) in [6.07, 6.45) is 0. The largest absolute Gasteiger partial charge is 0.456 e. The Morgan fingerprint density at radius 2 is 2.05 bits per heavy atom. The molecule has 2 rings (SSSR count). The van der Waals surface area contributed by atoms with Crippen LogP contribution in [0, 0.1) is 17.1 Å². The molecule has 0 unspecified atom stereocenters. The van der Waals surface area contributed by atoms with Gasteiger partial charge in [-0.2, -0.15) is 5.26 Å². The summed E-state index contributed by atoms with van der Waals surface area (Å²) in [5.74, 6) is 0.173. The van der Waals surface area contributed by atoms with E-state index in [1.165, 1.54) is 18.2 Å². The van der Waals surface area contributed by atoms with E-state index in [-0.39, 0.29) is 12.2 Å². The van der Waals surface area contributed by atoms with E-state index in [0.717, 1.165) is 0 Å². The number of benzene rings is 2. The van der Waals surface area contributed by atoms with Gasteiger partial charge in [-0.05, 0) is 29.8 Å². The smallest absolute Gasteiger partial charge is 0.145 e. The van der Waals surface area contributed by atoms with Crippen LogP contribution in [-0.2, 0) is 6.61 Å². The molecule has 1 N–H and O–H groups in total. The lowest BCUT2D eigenvalue weighted by molar-refractivity contribution is 0.281. The first-order valence-corrected chi connectivity index (χ1v) is 6.19. The predicted molar refractivity (Wildman–Crippen MR) is 71.3 cm³/mol. The van der Waals surface area contributed by atoms with Gasteiger partial charge in [-0.15, -0.1) is 0 Å². The van der Waals surface area contributed by atoms with Crippen molar-refractivity contribution in [3.05, 3.63) is 57.8 Å². The minimum absolute atomic E-state index is 0.152. The van der Waals surface area contributed by atoms with Crippen molar-refractivity contribution in [2.24, 2.45) is 0 Å². The van der Waals surface area contributed by atoms with Gasteiger partial charge in [0, 0.05) is 10.5 Å². The first kappa shape index (κ1) is 13.5. The lowest BCUT2D eigenvalue weighted by Crippen LogP contribution is -1.92. The highest BCUT2D eigenvalue weighted by atomic mass is 79.9. The van der Waals surface area contributed by atoms with Gasteiger partial charge in [0.25, 0.3) is 0 Å². The molecule has 0 fully saturated rings.